The number of carbonyl (C=O) groups is 1. The maximum absolute atomic E-state index is 12.1. The summed E-state index contributed by atoms with van der Waals surface area (Å²) in [4.78, 5) is 17.2. The van der Waals surface area contributed by atoms with Crippen LogP contribution in [0.15, 0.2) is 36.0 Å². The minimum atomic E-state index is -0.191. The molecule has 106 valence electrons. The van der Waals surface area contributed by atoms with Gasteiger partial charge in [-0.15, -0.1) is 11.3 Å². The lowest BCUT2D eigenvalue weighted by atomic mass is 10.2. The molecule has 1 amide bonds. The largest absolute Gasteiger partial charge is 0.454 e. The van der Waals surface area contributed by atoms with E-state index < -0.39 is 0 Å². The Kier molecular flexibility index (Phi) is 2.78. The van der Waals surface area contributed by atoms with Gasteiger partial charge >= 0.3 is 0 Å². The maximum Gasteiger partial charge on any atom is 0.271 e. The molecule has 4 rings (SSSR count). The number of carbonyl (C=O) groups excluding carboxylic acids is 1. The van der Waals surface area contributed by atoms with Crippen molar-refractivity contribution < 1.29 is 14.3 Å². The Morgan fingerprint density at radius 3 is 3.19 bits per heavy atom. The zero-order chi connectivity index (χ0) is 14.2. The molecule has 1 aliphatic rings. The van der Waals surface area contributed by atoms with Crippen molar-refractivity contribution in [1.29, 1.82) is 0 Å². The molecule has 21 heavy (non-hydrogen) atoms. The van der Waals surface area contributed by atoms with Gasteiger partial charge < -0.3 is 14.8 Å². The SMILES string of the molecule is O=C(NCc1ccc2c(c1)OCO2)c1cn2ccsc2n1. The van der Waals surface area contributed by atoms with Crippen molar-refractivity contribution >= 4 is 22.2 Å². The molecular formula is C14H11N3O3S. The van der Waals surface area contributed by atoms with Gasteiger partial charge in [0.05, 0.1) is 0 Å². The summed E-state index contributed by atoms with van der Waals surface area (Å²) in [5.74, 6) is 1.26. The highest BCUT2D eigenvalue weighted by atomic mass is 32.1. The highest BCUT2D eigenvalue weighted by molar-refractivity contribution is 7.15. The molecule has 0 unspecified atom stereocenters. The predicted molar refractivity (Wildman–Crippen MR) is 76.8 cm³/mol. The number of thiazole rings is 1. The van der Waals surface area contributed by atoms with Crippen LogP contribution in [-0.2, 0) is 6.54 Å². The first-order chi connectivity index (χ1) is 10.3. The molecule has 0 bridgehead atoms. The molecule has 3 heterocycles. The van der Waals surface area contributed by atoms with Crippen molar-refractivity contribution in [2.75, 3.05) is 6.79 Å². The molecule has 1 aliphatic heterocycles. The summed E-state index contributed by atoms with van der Waals surface area (Å²) in [6.07, 6.45) is 3.60. The first-order valence-corrected chi connectivity index (χ1v) is 7.26. The number of imidazole rings is 1. The monoisotopic (exact) mass is 301 g/mol. The number of rotatable bonds is 3. The van der Waals surface area contributed by atoms with Crippen LogP contribution in [0, 0.1) is 0 Å². The lowest BCUT2D eigenvalue weighted by molar-refractivity contribution is 0.0946. The van der Waals surface area contributed by atoms with Crippen LogP contribution in [0.3, 0.4) is 0 Å². The van der Waals surface area contributed by atoms with E-state index in [0.29, 0.717) is 18.0 Å². The molecule has 0 spiro atoms. The van der Waals surface area contributed by atoms with E-state index in [4.69, 9.17) is 9.47 Å². The second-order valence-electron chi connectivity index (χ2n) is 4.59. The van der Waals surface area contributed by atoms with Gasteiger partial charge in [-0.3, -0.25) is 9.20 Å². The van der Waals surface area contributed by atoms with Crippen LogP contribution in [0.2, 0.25) is 0 Å². The van der Waals surface area contributed by atoms with E-state index >= 15 is 0 Å². The number of fused-ring (bicyclic) bond motifs is 2. The molecule has 0 atom stereocenters. The van der Waals surface area contributed by atoms with Gasteiger partial charge in [0.15, 0.2) is 16.5 Å². The van der Waals surface area contributed by atoms with Crippen LogP contribution in [-0.4, -0.2) is 22.1 Å². The van der Waals surface area contributed by atoms with Crippen molar-refractivity contribution in [1.82, 2.24) is 14.7 Å². The summed E-state index contributed by atoms with van der Waals surface area (Å²) in [5, 5.41) is 4.78. The van der Waals surface area contributed by atoms with E-state index in [1.165, 1.54) is 11.3 Å². The van der Waals surface area contributed by atoms with Crippen LogP contribution in [0.25, 0.3) is 4.96 Å². The van der Waals surface area contributed by atoms with Gasteiger partial charge in [0.1, 0.15) is 5.69 Å². The van der Waals surface area contributed by atoms with Crippen LogP contribution in [0.4, 0.5) is 0 Å². The lowest BCUT2D eigenvalue weighted by Crippen LogP contribution is -2.23. The van der Waals surface area contributed by atoms with Gasteiger partial charge in [-0.2, -0.15) is 0 Å². The zero-order valence-corrected chi connectivity index (χ0v) is 11.7. The predicted octanol–water partition coefficient (Wildman–Crippen LogP) is 2.05. The topological polar surface area (TPSA) is 64.9 Å². The Morgan fingerprint density at radius 1 is 1.38 bits per heavy atom. The normalized spacial score (nSPS) is 12.8. The van der Waals surface area contributed by atoms with Crippen molar-refractivity contribution in [3.8, 4) is 11.5 Å². The Bertz CT molecular complexity index is 795. The van der Waals surface area contributed by atoms with Crippen LogP contribution in [0.5, 0.6) is 11.5 Å². The van der Waals surface area contributed by atoms with Crippen LogP contribution in [0.1, 0.15) is 16.1 Å². The fourth-order valence-corrected chi connectivity index (χ4v) is 2.86. The standard InChI is InChI=1S/C14H11N3O3S/c18-13(10-7-17-3-4-21-14(17)16-10)15-6-9-1-2-11-12(5-9)20-8-19-11/h1-5,7H,6,8H2,(H,15,18). The van der Waals surface area contributed by atoms with Crippen molar-refractivity contribution in [2.45, 2.75) is 6.54 Å². The number of benzene rings is 1. The van der Waals surface area contributed by atoms with E-state index in [2.05, 4.69) is 10.3 Å². The van der Waals surface area contributed by atoms with E-state index in [9.17, 15) is 4.79 Å². The number of hydrogen-bond acceptors (Lipinski definition) is 5. The van der Waals surface area contributed by atoms with Gasteiger partial charge in [-0.25, -0.2) is 4.98 Å². The third kappa shape index (κ3) is 2.21. The number of nitrogens with one attached hydrogen (secondary N) is 1. The molecule has 0 saturated heterocycles. The maximum atomic E-state index is 12.1. The summed E-state index contributed by atoms with van der Waals surface area (Å²) in [5.41, 5.74) is 1.37. The summed E-state index contributed by atoms with van der Waals surface area (Å²) in [6, 6.07) is 5.62. The molecule has 1 N–H and O–H groups in total. The molecule has 3 aromatic rings. The van der Waals surface area contributed by atoms with Gasteiger partial charge in [0.2, 0.25) is 6.79 Å². The van der Waals surface area contributed by atoms with E-state index in [1.54, 1.807) is 6.20 Å². The van der Waals surface area contributed by atoms with Gasteiger partial charge in [-0.1, -0.05) is 6.07 Å². The number of nitrogens with zero attached hydrogens (tertiary/aromatic N) is 2. The van der Waals surface area contributed by atoms with E-state index in [1.807, 2.05) is 34.2 Å². The average Bonchev–Trinajstić information content (AvgIpc) is 3.18. The Labute approximate surface area is 123 Å². The molecule has 0 aliphatic carbocycles. The number of hydrogen-bond donors (Lipinski definition) is 1. The Balaban J connectivity index is 1.46. The third-order valence-corrected chi connectivity index (χ3v) is 3.99. The summed E-state index contributed by atoms with van der Waals surface area (Å²) >= 11 is 1.49. The fourth-order valence-electron chi connectivity index (χ4n) is 2.16. The molecule has 0 saturated carbocycles. The minimum absolute atomic E-state index is 0.191. The summed E-state index contributed by atoms with van der Waals surface area (Å²) < 4.78 is 12.4. The average molecular weight is 301 g/mol. The number of amides is 1. The van der Waals surface area contributed by atoms with Gasteiger partial charge in [0, 0.05) is 24.3 Å². The minimum Gasteiger partial charge on any atom is -0.454 e. The van der Waals surface area contributed by atoms with E-state index in [-0.39, 0.29) is 12.7 Å². The summed E-state index contributed by atoms with van der Waals surface area (Å²) in [7, 11) is 0. The van der Waals surface area contributed by atoms with Gasteiger partial charge in [-0.05, 0) is 17.7 Å². The molecule has 2 aromatic heterocycles. The first kappa shape index (κ1) is 12.2. The molecule has 0 fully saturated rings. The number of aromatic nitrogens is 2. The van der Waals surface area contributed by atoms with E-state index in [0.717, 1.165) is 16.3 Å². The van der Waals surface area contributed by atoms with Crippen LogP contribution >= 0.6 is 11.3 Å². The fraction of sp³-hybridized carbons (Fsp3) is 0.143. The molecule has 0 radical (unpaired) electrons. The second-order valence-corrected chi connectivity index (χ2v) is 5.46. The highest BCUT2D eigenvalue weighted by Crippen LogP contribution is 2.32. The Hall–Kier alpha value is -2.54. The quantitative estimate of drug-likeness (QED) is 0.804. The second kappa shape index (κ2) is 4.78. The zero-order valence-electron chi connectivity index (χ0n) is 10.9. The first-order valence-electron chi connectivity index (χ1n) is 6.38. The van der Waals surface area contributed by atoms with Crippen molar-refractivity contribution in [2.24, 2.45) is 0 Å². The molecule has 1 aromatic carbocycles. The van der Waals surface area contributed by atoms with Crippen molar-refractivity contribution in [3.05, 3.63) is 47.2 Å². The number of ether oxygens (including phenoxy) is 2. The summed E-state index contributed by atoms with van der Waals surface area (Å²) in [6.45, 7) is 0.664. The molecule has 6 nitrogen and oxygen atoms in total. The smallest absolute Gasteiger partial charge is 0.271 e. The van der Waals surface area contributed by atoms with Crippen LogP contribution < -0.4 is 14.8 Å². The molecule has 7 heteroatoms. The molecular weight excluding hydrogens is 290 g/mol. The highest BCUT2D eigenvalue weighted by Gasteiger charge is 2.14. The lowest BCUT2D eigenvalue weighted by Gasteiger charge is -2.04. The Morgan fingerprint density at radius 2 is 2.29 bits per heavy atom. The third-order valence-electron chi connectivity index (χ3n) is 3.22. The van der Waals surface area contributed by atoms with Crippen molar-refractivity contribution in [3.63, 3.8) is 0 Å². The van der Waals surface area contributed by atoms with Gasteiger partial charge in [0.25, 0.3) is 5.91 Å².